The maximum atomic E-state index is 12.4. The molecule has 0 aliphatic heterocycles. The molecule has 8 heteroatoms. The van der Waals surface area contributed by atoms with Gasteiger partial charge in [-0.15, -0.1) is 24.8 Å². The van der Waals surface area contributed by atoms with Gasteiger partial charge in [0.15, 0.2) is 0 Å². The van der Waals surface area contributed by atoms with E-state index in [1.807, 2.05) is 74.2 Å². The van der Waals surface area contributed by atoms with Crippen LogP contribution in [0.2, 0.25) is 0 Å². The van der Waals surface area contributed by atoms with Gasteiger partial charge in [0, 0.05) is 17.9 Å². The summed E-state index contributed by atoms with van der Waals surface area (Å²) in [4.78, 5) is 25.8. The Hall–Kier alpha value is -2.28. The topological polar surface area (TPSA) is 101 Å². The number of anilines is 2. The molecule has 0 unspecified atom stereocenters. The van der Waals surface area contributed by atoms with Crippen molar-refractivity contribution in [2.24, 2.45) is 16.9 Å². The Balaban J connectivity index is 0.00000392. The van der Waals surface area contributed by atoms with Gasteiger partial charge in [-0.05, 0) is 29.2 Å². The molecule has 0 radical (unpaired) electrons. The monoisotopic (exact) mass is 440 g/mol. The van der Waals surface area contributed by atoms with Crippen molar-refractivity contribution in [3.63, 3.8) is 0 Å². The van der Waals surface area contributed by atoms with Gasteiger partial charge in [0.25, 0.3) is 0 Å². The maximum Gasteiger partial charge on any atom is 0.241 e. The molecule has 29 heavy (non-hydrogen) atoms. The molecule has 0 fully saturated rings. The second-order valence-corrected chi connectivity index (χ2v) is 7.69. The van der Waals surface area contributed by atoms with E-state index in [4.69, 9.17) is 11.5 Å². The number of nitrogens with zero attached hydrogens (tertiary/aromatic N) is 1. The molecule has 2 rings (SSSR count). The predicted molar refractivity (Wildman–Crippen MR) is 124 cm³/mol. The third-order valence-corrected chi connectivity index (χ3v) is 4.26. The molecule has 5 N–H and O–H groups in total. The van der Waals surface area contributed by atoms with E-state index in [0.29, 0.717) is 12.2 Å². The molecule has 0 saturated carbocycles. The second-order valence-electron chi connectivity index (χ2n) is 7.69. The molecule has 2 aromatic rings. The molecule has 0 aliphatic carbocycles. The van der Waals surface area contributed by atoms with Crippen LogP contribution in [0.15, 0.2) is 54.6 Å². The largest absolute Gasteiger partial charge is 0.368 e. The van der Waals surface area contributed by atoms with Crippen molar-refractivity contribution in [3.8, 4) is 0 Å². The fraction of sp³-hybridized carbons (Fsp3) is 0.333. The Labute approximate surface area is 184 Å². The molecule has 1 atom stereocenters. The predicted octanol–water partition coefficient (Wildman–Crippen LogP) is 3.33. The molecule has 0 spiro atoms. The minimum absolute atomic E-state index is 0. The zero-order valence-corrected chi connectivity index (χ0v) is 18.6. The number of halogens is 2. The number of benzene rings is 2. The summed E-state index contributed by atoms with van der Waals surface area (Å²) in [5.74, 6) is -0.667. The van der Waals surface area contributed by atoms with Crippen LogP contribution in [0.25, 0.3) is 0 Å². The van der Waals surface area contributed by atoms with Crippen molar-refractivity contribution in [2.45, 2.75) is 33.4 Å². The Bertz CT molecular complexity index is 795. The quantitative estimate of drug-likeness (QED) is 0.614. The first-order valence-electron chi connectivity index (χ1n) is 8.90. The summed E-state index contributed by atoms with van der Waals surface area (Å²) in [6.45, 7) is 6.36. The van der Waals surface area contributed by atoms with Gasteiger partial charge in [-0.3, -0.25) is 9.59 Å². The highest BCUT2D eigenvalue weighted by atomic mass is 35.5. The molecular weight excluding hydrogens is 411 g/mol. The minimum Gasteiger partial charge on any atom is -0.368 e. The van der Waals surface area contributed by atoms with Crippen LogP contribution in [0.5, 0.6) is 0 Å². The zero-order valence-electron chi connectivity index (χ0n) is 16.9. The van der Waals surface area contributed by atoms with E-state index >= 15 is 0 Å². The Morgan fingerprint density at radius 1 is 1.03 bits per heavy atom. The smallest absolute Gasteiger partial charge is 0.241 e. The van der Waals surface area contributed by atoms with Crippen LogP contribution < -0.4 is 21.7 Å². The van der Waals surface area contributed by atoms with Crippen LogP contribution in [0, 0.1) is 5.41 Å². The molecule has 0 aromatic heterocycles. The molecule has 2 aromatic carbocycles. The lowest BCUT2D eigenvalue weighted by Crippen LogP contribution is -2.45. The van der Waals surface area contributed by atoms with Crippen LogP contribution in [0.4, 0.5) is 11.4 Å². The highest BCUT2D eigenvalue weighted by Crippen LogP contribution is 2.23. The summed E-state index contributed by atoms with van der Waals surface area (Å²) < 4.78 is 0. The number of amides is 2. The lowest BCUT2D eigenvalue weighted by atomic mass is 9.87. The second kappa shape index (κ2) is 11.7. The lowest BCUT2D eigenvalue weighted by molar-refractivity contribution is -0.119. The van der Waals surface area contributed by atoms with Crippen molar-refractivity contribution < 1.29 is 9.59 Å². The van der Waals surface area contributed by atoms with E-state index in [-0.39, 0.29) is 42.7 Å². The molecular formula is C21H30Cl2N4O2. The summed E-state index contributed by atoms with van der Waals surface area (Å²) in [6.07, 6.45) is 0. The molecule has 2 amide bonds. The van der Waals surface area contributed by atoms with Crippen LogP contribution >= 0.6 is 24.8 Å². The fourth-order valence-electron chi connectivity index (χ4n) is 2.62. The van der Waals surface area contributed by atoms with E-state index in [1.165, 1.54) is 0 Å². The zero-order chi connectivity index (χ0) is 20.0. The first kappa shape index (κ1) is 26.7. The van der Waals surface area contributed by atoms with Crippen molar-refractivity contribution in [2.75, 3.05) is 16.8 Å². The number of nitrogens with two attached hydrogens (primary N) is 2. The number of rotatable bonds is 7. The standard InChI is InChI=1S/C21H28N4O2.2ClH/c1-21(2,3)19(23)20(27)24-16-10-7-11-17(12-16)25(14-18(22)26)13-15-8-5-4-6-9-15;;/h4-12,19H,13-14,23H2,1-3H3,(H2,22,26)(H,24,27);2*1H/t19-;;/m1../s1. The first-order valence-corrected chi connectivity index (χ1v) is 8.90. The summed E-state index contributed by atoms with van der Waals surface area (Å²) in [6, 6.07) is 16.5. The minimum atomic E-state index is -0.632. The van der Waals surface area contributed by atoms with E-state index in [1.54, 1.807) is 6.07 Å². The average molecular weight is 441 g/mol. The summed E-state index contributed by atoms with van der Waals surface area (Å²) >= 11 is 0. The lowest BCUT2D eigenvalue weighted by Gasteiger charge is -2.27. The summed E-state index contributed by atoms with van der Waals surface area (Å²) in [5.41, 5.74) is 13.6. The van der Waals surface area contributed by atoms with Gasteiger partial charge in [0.05, 0.1) is 12.6 Å². The molecule has 0 aliphatic rings. The fourth-order valence-corrected chi connectivity index (χ4v) is 2.62. The van der Waals surface area contributed by atoms with Crippen LogP contribution in [0.1, 0.15) is 26.3 Å². The van der Waals surface area contributed by atoms with Crippen LogP contribution in [-0.4, -0.2) is 24.4 Å². The van der Waals surface area contributed by atoms with Crippen LogP contribution in [-0.2, 0) is 16.1 Å². The number of hydrogen-bond acceptors (Lipinski definition) is 4. The SMILES string of the molecule is CC(C)(C)[C@H](N)C(=O)Nc1cccc(N(CC(N)=O)Cc2ccccc2)c1.Cl.Cl. The number of hydrogen-bond donors (Lipinski definition) is 3. The first-order chi connectivity index (χ1) is 12.7. The molecule has 0 saturated heterocycles. The van der Waals surface area contributed by atoms with Gasteiger partial charge in [-0.1, -0.05) is 57.2 Å². The van der Waals surface area contributed by atoms with Gasteiger partial charge in [0.2, 0.25) is 11.8 Å². The molecule has 6 nitrogen and oxygen atoms in total. The summed E-state index contributed by atoms with van der Waals surface area (Å²) in [5, 5.41) is 2.85. The number of carbonyl (C=O) groups is 2. The third-order valence-electron chi connectivity index (χ3n) is 4.26. The maximum absolute atomic E-state index is 12.4. The van der Waals surface area contributed by atoms with E-state index in [0.717, 1.165) is 11.3 Å². The molecule has 160 valence electrons. The van der Waals surface area contributed by atoms with Gasteiger partial charge in [0.1, 0.15) is 0 Å². The highest BCUT2D eigenvalue weighted by Gasteiger charge is 2.27. The number of primary amides is 1. The average Bonchev–Trinajstić information content (AvgIpc) is 2.60. The van der Waals surface area contributed by atoms with E-state index in [9.17, 15) is 9.59 Å². The number of carbonyl (C=O) groups excluding carboxylic acids is 2. The van der Waals surface area contributed by atoms with Gasteiger partial charge < -0.3 is 21.7 Å². The van der Waals surface area contributed by atoms with Crippen molar-refractivity contribution in [1.82, 2.24) is 0 Å². The summed E-state index contributed by atoms with van der Waals surface area (Å²) in [7, 11) is 0. The Kier molecular flexibility index (Phi) is 10.7. The Morgan fingerprint density at radius 2 is 1.66 bits per heavy atom. The van der Waals surface area contributed by atoms with Crippen molar-refractivity contribution in [3.05, 3.63) is 60.2 Å². The van der Waals surface area contributed by atoms with Crippen molar-refractivity contribution >= 4 is 48.0 Å². The number of nitrogens with one attached hydrogen (secondary N) is 1. The third kappa shape index (κ3) is 8.31. The Morgan fingerprint density at radius 3 is 2.21 bits per heavy atom. The van der Waals surface area contributed by atoms with Gasteiger partial charge >= 0.3 is 0 Å². The molecule has 0 heterocycles. The van der Waals surface area contributed by atoms with Crippen LogP contribution in [0.3, 0.4) is 0 Å². The normalized spacial score (nSPS) is 11.4. The van der Waals surface area contributed by atoms with E-state index in [2.05, 4.69) is 5.32 Å². The van der Waals surface area contributed by atoms with Gasteiger partial charge in [-0.2, -0.15) is 0 Å². The van der Waals surface area contributed by atoms with Gasteiger partial charge in [-0.25, -0.2) is 0 Å². The van der Waals surface area contributed by atoms with E-state index < -0.39 is 11.9 Å². The molecule has 0 bridgehead atoms. The highest BCUT2D eigenvalue weighted by molar-refractivity contribution is 5.95. The van der Waals surface area contributed by atoms with Crippen molar-refractivity contribution in [1.29, 1.82) is 0 Å².